The molecule has 4 fully saturated rings. The Hall–Kier alpha value is -1.11. The highest BCUT2D eigenvalue weighted by molar-refractivity contribution is 5.56. The average Bonchev–Trinajstić information content (AvgIpc) is 2.77. The lowest BCUT2D eigenvalue weighted by Gasteiger charge is -2.72. The van der Waals surface area contributed by atoms with E-state index in [-0.39, 0.29) is 39.6 Å². The van der Waals surface area contributed by atoms with Crippen molar-refractivity contribution < 1.29 is 30.0 Å². The molecular formula is C31H50O6. The Morgan fingerprint density at radius 3 is 2.24 bits per heavy atom. The molecule has 4 N–H and O–H groups in total. The van der Waals surface area contributed by atoms with Gasteiger partial charge in [-0.05, 0) is 97.2 Å². The quantitative estimate of drug-likeness (QED) is 0.199. The maximum Gasteiger partial charge on any atom is 0.505 e. The van der Waals surface area contributed by atoms with Gasteiger partial charge in [0.1, 0.15) is 12.7 Å². The van der Waals surface area contributed by atoms with Gasteiger partial charge >= 0.3 is 6.16 Å². The molecule has 0 aromatic rings. The van der Waals surface area contributed by atoms with Gasteiger partial charge in [0.15, 0.2) is 5.79 Å². The number of hydrogen-bond donors (Lipinski definition) is 4. The Morgan fingerprint density at radius 1 is 0.946 bits per heavy atom. The zero-order valence-corrected chi connectivity index (χ0v) is 24.1. The van der Waals surface area contributed by atoms with Crippen molar-refractivity contribution in [3.05, 3.63) is 11.6 Å². The molecule has 1 unspecified atom stereocenters. The molecular weight excluding hydrogens is 468 g/mol. The predicted octanol–water partition coefficient (Wildman–Crippen LogP) is 6.13. The van der Waals surface area contributed by atoms with Gasteiger partial charge in [-0.1, -0.05) is 60.1 Å². The lowest BCUT2D eigenvalue weighted by molar-refractivity contribution is -0.351. The van der Waals surface area contributed by atoms with Gasteiger partial charge in [-0.2, -0.15) is 0 Å². The predicted molar refractivity (Wildman–Crippen MR) is 142 cm³/mol. The fraction of sp³-hybridized carbons (Fsp3) is 0.903. The SMILES string of the molecule is CC1(C)CC[C@]2(COC(=O)O)CC[C@]3(C)C(=CC[C@@H]4[C@@]5(C)C[C@H](O)C(O)(O)C(C)(C)C5CC[C@]43C)[C@H]2C1. The molecule has 4 saturated carbocycles. The first-order valence-corrected chi connectivity index (χ1v) is 14.6. The van der Waals surface area contributed by atoms with E-state index in [9.17, 15) is 25.2 Å². The third-order valence-corrected chi connectivity index (χ3v) is 13.5. The van der Waals surface area contributed by atoms with Crippen LogP contribution in [0.3, 0.4) is 0 Å². The number of aliphatic hydroxyl groups excluding tert-OH is 1. The van der Waals surface area contributed by atoms with Crippen LogP contribution < -0.4 is 0 Å². The topological polar surface area (TPSA) is 107 Å². The van der Waals surface area contributed by atoms with Crippen LogP contribution in [0.1, 0.15) is 106 Å². The van der Waals surface area contributed by atoms with Crippen molar-refractivity contribution in [2.75, 3.05) is 6.61 Å². The smallest absolute Gasteiger partial charge is 0.450 e. The second kappa shape index (κ2) is 7.97. The molecule has 5 aliphatic carbocycles. The Bertz CT molecular complexity index is 998. The number of fused-ring (bicyclic) bond motifs is 7. The minimum atomic E-state index is -2.09. The van der Waals surface area contributed by atoms with E-state index in [1.165, 1.54) is 5.57 Å². The summed E-state index contributed by atoms with van der Waals surface area (Å²) >= 11 is 0. The normalized spacial score (nSPS) is 49.4. The van der Waals surface area contributed by atoms with Crippen LogP contribution in [0.5, 0.6) is 0 Å². The molecule has 6 nitrogen and oxygen atoms in total. The summed E-state index contributed by atoms with van der Waals surface area (Å²) in [5.41, 5.74) is 0.593. The van der Waals surface area contributed by atoms with Crippen molar-refractivity contribution in [2.24, 2.45) is 50.2 Å². The highest BCUT2D eigenvalue weighted by atomic mass is 16.7. The molecule has 0 spiro atoms. The Kier molecular flexibility index (Phi) is 5.92. The molecule has 0 aromatic heterocycles. The summed E-state index contributed by atoms with van der Waals surface area (Å²) in [6.45, 7) is 16.1. The molecule has 0 aromatic carbocycles. The van der Waals surface area contributed by atoms with Crippen molar-refractivity contribution >= 4 is 6.16 Å². The van der Waals surface area contributed by atoms with E-state index in [0.717, 1.165) is 51.4 Å². The van der Waals surface area contributed by atoms with Crippen molar-refractivity contribution in [3.63, 3.8) is 0 Å². The first kappa shape index (κ1) is 27.5. The minimum absolute atomic E-state index is 0.0171. The molecule has 0 heterocycles. The monoisotopic (exact) mass is 518 g/mol. The van der Waals surface area contributed by atoms with Crippen molar-refractivity contribution in [3.8, 4) is 0 Å². The molecule has 0 amide bonds. The lowest BCUT2D eigenvalue weighted by Crippen LogP contribution is -2.70. The lowest BCUT2D eigenvalue weighted by atomic mass is 9.33. The molecule has 37 heavy (non-hydrogen) atoms. The Morgan fingerprint density at radius 2 is 1.59 bits per heavy atom. The van der Waals surface area contributed by atoms with Crippen LogP contribution in [-0.4, -0.2) is 45.1 Å². The molecule has 0 saturated heterocycles. The summed E-state index contributed by atoms with van der Waals surface area (Å²) in [7, 11) is 0. The molecule has 6 heteroatoms. The van der Waals surface area contributed by atoms with Crippen molar-refractivity contribution in [1.82, 2.24) is 0 Å². The zero-order valence-electron chi connectivity index (χ0n) is 24.1. The standard InChI is InChI=1S/C31H50O6/c1-25(2)12-14-30(18-37-24(33)34)15-13-28(6)19(20(30)16-25)8-9-22-27(5)17-23(32)31(35,36)26(3,4)21(27)10-11-29(22,28)7/h8,20-23,32,35-36H,9-18H2,1-7H3,(H,33,34)/t20-,21?,22-,23+,27+,28-,29-,30-/m1/s1. The van der Waals surface area contributed by atoms with Crippen LogP contribution in [0.2, 0.25) is 0 Å². The van der Waals surface area contributed by atoms with E-state index in [0.29, 0.717) is 18.3 Å². The first-order chi connectivity index (χ1) is 16.9. The maximum absolute atomic E-state index is 11.4. The van der Waals surface area contributed by atoms with E-state index < -0.39 is 23.5 Å². The van der Waals surface area contributed by atoms with Gasteiger partial charge < -0.3 is 25.2 Å². The number of carbonyl (C=O) groups is 1. The van der Waals surface area contributed by atoms with Gasteiger partial charge in [-0.3, -0.25) is 0 Å². The molecule has 0 radical (unpaired) electrons. The largest absolute Gasteiger partial charge is 0.505 e. The van der Waals surface area contributed by atoms with Crippen molar-refractivity contribution in [1.29, 1.82) is 0 Å². The summed E-state index contributed by atoms with van der Waals surface area (Å²) in [6.07, 6.45) is 8.56. The van der Waals surface area contributed by atoms with E-state index in [2.05, 4.69) is 40.7 Å². The molecule has 8 atom stereocenters. The summed E-state index contributed by atoms with van der Waals surface area (Å²) in [5.74, 6) is -1.34. The second-order valence-corrected chi connectivity index (χ2v) is 15.8. The summed E-state index contributed by atoms with van der Waals surface area (Å²) in [4.78, 5) is 11.4. The minimum Gasteiger partial charge on any atom is -0.450 e. The number of carboxylic acid groups (broad SMARTS) is 1. The van der Waals surface area contributed by atoms with Gasteiger partial charge in [-0.25, -0.2) is 4.79 Å². The Labute approximate surface area is 222 Å². The van der Waals surface area contributed by atoms with Gasteiger partial charge in [0.25, 0.3) is 0 Å². The third kappa shape index (κ3) is 3.50. The fourth-order valence-corrected chi connectivity index (χ4v) is 10.9. The highest BCUT2D eigenvalue weighted by Gasteiger charge is 2.71. The maximum atomic E-state index is 11.4. The van der Waals surface area contributed by atoms with Crippen LogP contribution in [0.4, 0.5) is 4.79 Å². The van der Waals surface area contributed by atoms with Gasteiger partial charge in [0.05, 0.1) is 0 Å². The molecule has 5 aliphatic rings. The Balaban J connectivity index is 1.57. The van der Waals surface area contributed by atoms with E-state index in [1.807, 2.05) is 13.8 Å². The first-order valence-electron chi connectivity index (χ1n) is 14.6. The highest BCUT2D eigenvalue weighted by Crippen LogP contribution is 2.76. The van der Waals surface area contributed by atoms with E-state index in [4.69, 9.17) is 4.74 Å². The number of hydrogen-bond acceptors (Lipinski definition) is 5. The number of allylic oxidation sites excluding steroid dienone is 2. The third-order valence-electron chi connectivity index (χ3n) is 13.5. The molecule has 0 aliphatic heterocycles. The summed E-state index contributed by atoms with van der Waals surface area (Å²) < 4.78 is 5.31. The van der Waals surface area contributed by atoms with Crippen LogP contribution in [0, 0.1) is 50.2 Å². The van der Waals surface area contributed by atoms with Gasteiger partial charge in [-0.15, -0.1) is 0 Å². The average molecular weight is 519 g/mol. The zero-order chi connectivity index (χ0) is 27.4. The summed E-state index contributed by atoms with van der Waals surface area (Å²) in [6, 6.07) is 0. The van der Waals surface area contributed by atoms with Crippen LogP contribution in [-0.2, 0) is 4.74 Å². The number of rotatable bonds is 2. The van der Waals surface area contributed by atoms with Gasteiger partial charge in [0.2, 0.25) is 0 Å². The fourth-order valence-electron chi connectivity index (χ4n) is 10.9. The second-order valence-electron chi connectivity index (χ2n) is 15.8. The van der Waals surface area contributed by atoms with Crippen molar-refractivity contribution in [2.45, 2.75) is 118 Å². The molecule has 5 rings (SSSR count). The summed E-state index contributed by atoms with van der Waals surface area (Å²) in [5, 5.41) is 42.3. The molecule has 0 bridgehead atoms. The number of ether oxygens (including phenoxy) is 1. The van der Waals surface area contributed by atoms with E-state index in [1.54, 1.807) is 0 Å². The van der Waals surface area contributed by atoms with Gasteiger partial charge in [0, 0.05) is 10.8 Å². The van der Waals surface area contributed by atoms with E-state index >= 15 is 0 Å². The van der Waals surface area contributed by atoms with Crippen LogP contribution in [0.15, 0.2) is 11.6 Å². The molecule has 210 valence electrons. The number of aliphatic hydroxyl groups is 3. The van der Waals surface area contributed by atoms with Crippen LogP contribution in [0.25, 0.3) is 0 Å². The van der Waals surface area contributed by atoms with Crippen LogP contribution >= 0.6 is 0 Å².